The van der Waals surface area contributed by atoms with Gasteiger partial charge in [0.15, 0.2) is 0 Å². The SMILES string of the molecule is C1=C(Sc2ccccc2)CCCC1Sc1ccccc1. The molecule has 2 heteroatoms. The second kappa shape index (κ2) is 7.05. The van der Waals surface area contributed by atoms with Crippen molar-refractivity contribution in [1.82, 2.24) is 0 Å². The predicted molar refractivity (Wildman–Crippen MR) is 90.3 cm³/mol. The van der Waals surface area contributed by atoms with Gasteiger partial charge in [-0.3, -0.25) is 0 Å². The van der Waals surface area contributed by atoms with Gasteiger partial charge in [-0.15, -0.1) is 11.8 Å². The summed E-state index contributed by atoms with van der Waals surface area (Å²) < 4.78 is 0. The van der Waals surface area contributed by atoms with E-state index in [0.29, 0.717) is 5.25 Å². The van der Waals surface area contributed by atoms with Crippen LogP contribution >= 0.6 is 23.5 Å². The van der Waals surface area contributed by atoms with Gasteiger partial charge in [0.25, 0.3) is 0 Å². The van der Waals surface area contributed by atoms with Crippen molar-refractivity contribution in [1.29, 1.82) is 0 Å². The van der Waals surface area contributed by atoms with Crippen LogP contribution in [0.4, 0.5) is 0 Å². The van der Waals surface area contributed by atoms with Crippen molar-refractivity contribution in [3.63, 3.8) is 0 Å². The average Bonchev–Trinajstić information content (AvgIpc) is 2.50. The minimum absolute atomic E-state index is 0.623. The summed E-state index contributed by atoms with van der Waals surface area (Å²) in [4.78, 5) is 4.25. The number of hydrogen-bond donors (Lipinski definition) is 0. The maximum Gasteiger partial charge on any atom is 0.0285 e. The van der Waals surface area contributed by atoms with E-state index in [0.717, 1.165) is 0 Å². The molecule has 0 radical (unpaired) electrons. The highest BCUT2D eigenvalue weighted by Gasteiger charge is 2.15. The van der Waals surface area contributed by atoms with Gasteiger partial charge in [-0.2, -0.15) is 0 Å². The Morgan fingerprint density at radius 2 is 1.45 bits per heavy atom. The van der Waals surface area contributed by atoms with E-state index < -0.39 is 0 Å². The predicted octanol–water partition coefficient (Wildman–Crippen LogP) is 6.01. The van der Waals surface area contributed by atoms with Gasteiger partial charge < -0.3 is 0 Å². The van der Waals surface area contributed by atoms with Crippen molar-refractivity contribution in [2.75, 3.05) is 0 Å². The maximum absolute atomic E-state index is 2.47. The molecule has 20 heavy (non-hydrogen) atoms. The molecule has 1 aliphatic rings. The van der Waals surface area contributed by atoms with Crippen LogP contribution in [0.5, 0.6) is 0 Å². The van der Waals surface area contributed by atoms with Gasteiger partial charge in [-0.1, -0.05) is 54.2 Å². The first-order valence-electron chi connectivity index (χ1n) is 7.05. The largest absolute Gasteiger partial charge is 0.119 e. The van der Waals surface area contributed by atoms with E-state index >= 15 is 0 Å². The highest BCUT2D eigenvalue weighted by molar-refractivity contribution is 8.03. The molecule has 0 saturated carbocycles. The van der Waals surface area contributed by atoms with Gasteiger partial charge in [0.2, 0.25) is 0 Å². The highest BCUT2D eigenvalue weighted by atomic mass is 32.2. The fraction of sp³-hybridized carbons (Fsp3) is 0.222. The summed E-state index contributed by atoms with van der Waals surface area (Å²) in [5, 5.41) is 0.623. The van der Waals surface area contributed by atoms with E-state index in [1.54, 1.807) is 0 Å². The van der Waals surface area contributed by atoms with Crippen molar-refractivity contribution < 1.29 is 0 Å². The fourth-order valence-electron chi connectivity index (χ4n) is 2.34. The van der Waals surface area contributed by atoms with Crippen LogP contribution in [0.25, 0.3) is 0 Å². The summed E-state index contributed by atoms with van der Waals surface area (Å²) in [7, 11) is 0. The molecule has 0 fully saturated rings. The molecular formula is C18H18S2. The zero-order chi connectivity index (χ0) is 13.6. The number of thioether (sulfide) groups is 2. The van der Waals surface area contributed by atoms with Crippen LogP contribution in [0, 0.1) is 0 Å². The van der Waals surface area contributed by atoms with Crippen LogP contribution in [0.1, 0.15) is 19.3 Å². The van der Waals surface area contributed by atoms with Crippen LogP contribution in [0.2, 0.25) is 0 Å². The second-order valence-corrected chi connectivity index (χ2v) is 7.42. The van der Waals surface area contributed by atoms with E-state index in [1.807, 2.05) is 23.5 Å². The van der Waals surface area contributed by atoms with Gasteiger partial charge in [0, 0.05) is 15.0 Å². The van der Waals surface area contributed by atoms with Gasteiger partial charge >= 0.3 is 0 Å². The minimum Gasteiger partial charge on any atom is -0.119 e. The molecule has 102 valence electrons. The van der Waals surface area contributed by atoms with Crippen molar-refractivity contribution in [2.24, 2.45) is 0 Å². The topological polar surface area (TPSA) is 0 Å². The molecule has 3 rings (SSSR count). The van der Waals surface area contributed by atoms with Crippen LogP contribution in [0.15, 0.2) is 81.4 Å². The molecule has 0 N–H and O–H groups in total. The Balaban J connectivity index is 1.67. The molecular weight excluding hydrogens is 280 g/mol. The molecule has 0 saturated heterocycles. The molecule has 2 aromatic carbocycles. The Labute approximate surface area is 129 Å². The van der Waals surface area contributed by atoms with Crippen LogP contribution in [-0.4, -0.2) is 5.25 Å². The van der Waals surface area contributed by atoms with Crippen LogP contribution in [-0.2, 0) is 0 Å². The number of benzene rings is 2. The van der Waals surface area contributed by atoms with Crippen molar-refractivity contribution in [2.45, 2.75) is 34.3 Å². The average molecular weight is 298 g/mol. The molecule has 0 bridgehead atoms. The summed E-state index contributed by atoms with van der Waals surface area (Å²) >= 11 is 3.92. The molecule has 0 aromatic heterocycles. The molecule has 1 aliphatic carbocycles. The summed E-state index contributed by atoms with van der Waals surface area (Å²) in [6.45, 7) is 0. The standard InChI is InChI=1S/C18H18S2/c1-3-8-15(9-4-1)19-17-12-7-13-18(14-17)20-16-10-5-2-6-11-16/h1-6,8-11,14,17H,7,12-13H2. The lowest BCUT2D eigenvalue weighted by Crippen LogP contribution is -2.04. The quantitative estimate of drug-likeness (QED) is 0.678. The fourth-order valence-corrected chi connectivity index (χ4v) is 4.68. The third-order valence-electron chi connectivity index (χ3n) is 3.31. The van der Waals surface area contributed by atoms with Crippen LogP contribution in [0.3, 0.4) is 0 Å². The van der Waals surface area contributed by atoms with E-state index in [9.17, 15) is 0 Å². The summed E-state index contributed by atoms with van der Waals surface area (Å²) in [6, 6.07) is 21.4. The minimum atomic E-state index is 0.623. The number of rotatable bonds is 4. The smallest absolute Gasteiger partial charge is 0.0285 e. The second-order valence-electron chi connectivity index (χ2n) is 4.91. The molecule has 0 aliphatic heterocycles. The lowest BCUT2D eigenvalue weighted by molar-refractivity contribution is 0.734. The highest BCUT2D eigenvalue weighted by Crippen LogP contribution is 2.38. The molecule has 1 unspecified atom stereocenters. The summed E-state index contributed by atoms with van der Waals surface area (Å²) in [5.74, 6) is 0. The number of allylic oxidation sites excluding steroid dienone is 1. The van der Waals surface area contributed by atoms with E-state index in [2.05, 4.69) is 66.7 Å². The molecule has 0 nitrogen and oxygen atoms in total. The third kappa shape index (κ3) is 3.94. The Kier molecular flexibility index (Phi) is 4.88. The van der Waals surface area contributed by atoms with E-state index in [1.165, 1.54) is 34.0 Å². The Morgan fingerprint density at radius 3 is 2.15 bits per heavy atom. The monoisotopic (exact) mass is 298 g/mol. The van der Waals surface area contributed by atoms with Gasteiger partial charge in [-0.25, -0.2) is 0 Å². The van der Waals surface area contributed by atoms with Gasteiger partial charge in [-0.05, 0) is 48.4 Å². The molecule has 0 spiro atoms. The summed E-state index contributed by atoms with van der Waals surface area (Å²) in [6.07, 6.45) is 6.29. The zero-order valence-corrected chi connectivity index (χ0v) is 13.0. The van der Waals surface area contributed by atoms with E-state index in [4.69, 9.17) is 0 Å². The zero-order valence-electron chi connectivity index (χ0n) is 11.4. The first-order chi connectivity index (χ1) is 9.90. The first kappa shape index (κ1) is 13.8. The summed E-state index contributed by atoms with van der Waals surface area (Å²) in [5.41, 5.74) is 0. The van der Waals surface area contributed by atoms with Gasteiger partial charge in [0.1, 0.15) is 0 Å². The lowest BCUT2D eigenvalue weighted by Gasteiger charge is -2.20. The normalized spacial score (nSPS) is 18.6. The molecule has 1 atom stereocenters. The molecule has 2 aromatic rings. The Hall–Kier alpha value is -1.12. The van der Waals surface area contributed by atoms with Crippen molar-refractivity contribution in [3.05, 3.63) is 71.6 Å². The Bertz CT molecular complexity index is 560. The van der Waals surface area contributed by atoms with Gasteiger partial charge in [0.05, 0.1) is 0 Å². The van der Waals surface area contributed by atoms with Crippen LogP contribution < -0.4 is 0 Å². The maximum atomic E-state index is 2.47. The third-order valence-corrected chi connectivity index (χ3v) is 5.64. The first-order valence-corrected chi connectivity index (χ1v) is 8.75. The number of hydrogen-bond acceptors (Lipinski definition) is 2. The van der Waals surface area contributed by atoms with Crippen molar-refractivity contribution >= 4 is 23.5 Å². The Morgan fingerprint density at radius 1 is 0.800 bits per heavy atom. The van der Waals surface area contributed by atoms with Crippen molar-refractivity contribution in [3.8, 4) is 0 Å². The molecule has 0 heterocycles. The van der Waals surface area contributed by atoms with E-state index in [-0.39, 0.29) is 0 Å². The lowest BCUT2D eigenvalue weighted by atomic mass is 10.1. The molecule has 0 amide bonds.